The normalized spacial score (nSPS) is 10.4. The van der Waals surface area contributed by atoms with Crippen molar-refractivity contribution in [2.75, 3.05) is 10.6 Å². The molecule has 2 aromatic carbocycles. The van der Waals surface area contributed by atoms with Gasteiger partial charge < -0.3 is 10.6 Å². The molecule has 1 heterocycles. The number of benzene rings is 2. The van der Waals surface area contributed by atoms with Gasteiger partial charge in [-0.1, -0.05) is 48.3 Å². The lowest BCUT2D eigenvalue weighted by molar-refractivity contribution is 0.102. The molecule has 5 nitrogen and oxygen atoms in total. The molecule has 0 radical (unpaired) electrons. The molecule has 0 aliphatic heterocycles. The third-order valence-electron chi connectivity index (χ3n) is 3.73. The van der Waals surface area contributed by atoms with E-state index >= 15 is 0 Å². The summed E-state index contributed by atoms with van der Waals surface area (Å²) in [6.45, 7) is 2.10. The Bertz CT molecular complexity index is 912. The molecule has 1 amide bonds. The van der Waals surface area contributed by atoms with Crippen LogP contribution in [0.4, 0.5) is 17.3 Å². The molecule has 0 aliphatic rings. The Morgan fingerprint density at radius 1 is 1.04 bits per heavy atom. The molecule has 0 bridgehead atoms. The number of aryl methyl sites for hydroxylation is 1. The van der Waals surface area contributed by atoms with Crippen molar-refractivity contribution in [1.29, 1.82) is 0 Å². The zero-order chi connectivity index (χ0) is 18.5. The second-order valence-electron chi connectivity index (χ2n) is 5.53. The first-order valence-corrected chi connectivity index (χ1v) is 8.76. The van der Waals surface area contributed by atoms with E-state index in [4.69, 9.17) is 23.2 Å². The number of hydrogen-bond donors (Lipinski definition) is 2. The van der Waals surface area contributed by atoms with E-state index in [1.165, 1.54) is 18.0 Å². The fourth-order valence-corrected chi connectivity index (χ4v) is 2.61. The minimum absolute atomic E-state index is 0.289. The van der Waals surface area contributed by atoms with E-state index in [9.17, 15) is 4.79 Å². The summed E-state index contributed by atoms with van der Waals surface area (Å²) in [5, 5.41) is 6.45. The van der Waals surface area contributed by atoms with Gasteiger partial charge >= 0.3 is 0 Å². The van der Waals surface area contributed by atoms with Crippen molar-refractivity contribution in [3.05, 3.63) is 76.0 Å². The molecule has 0 aliphatic carbocycles. The lowest BCUT2D eigenvalue weighted by Gasteiger charge is -2.09. The Labute approximate surface area is 161 Å². The van der Waals surface area contributed by atoms with Gasteiger partial charge in [-0.25, -0.2) is 9.97 Å². The quantitative estimate of drug-likeness (QED) is 0.620. The van der Waals surface area contributed by atoms with Crippen molar-refractivity contribution in [3.63, 3.8) is 0 Å². The van der Waals surface area contributed by atoms with E-state index in [0.29, 0.717) is 22.2 Å². The summed E-state index contributed by atoms with van der Waals surface area (Å²) in [6, 6.07) is 13.0. The molecule has 3 rings (SSSR count). The van der Waals surface area contributed by atoms with Crippen LogP contribution in [-0.2, 0) is 6.42 Å². The number of halogens is 2. The van der Waals surface area contributed by atoms with E-state index in [2.05, 4.69) is 27.5 Å². The predicted molar refractivity (Wildman–Crippen MR) is 106 cm³/mol. The van der Waals surface area contributed by atoms with Gasteiger partial charge in [-0.3, -0.25) is 4.79 Å². The number of nitrogens with one attached hydrogen (secondary N) is 2. The average molecular weight is 387 g/mol. The second kappa shape index (κ2) is 8.17. The van der Waals surface area contributed by atoms with Crippen molar-refractivity contribution in [1.82, 2.24) is 9.97 Å². The number of carbonyl (C=O) groups excluding carboxylic acids is 1. The average Bonchev–Trinajstić information content (AvgIpc) is 2.66. The number of aromatic nitrogens is 2. The topological polar surface area (TPSA) is 66.9 Å². The minimum atomic E-state index is -0.368. The van der Waals surface area contributed by atoms with Gasteiger partial charge in [0.2, 0.25) is 5.95 Å². The van der Waals surface area contributed by atoms with Crippen LogP contribution in [-0.4, -0.2) is 15.9 Å². The molecular formula is C19H16Cl2N4O. The van der Waals surface area contributed by atoms with Crippen LogP contribution in [0.25, 0.3) is 0 Å². The number of amides is 1. The molecule has 1 aromatic heterocycles. The molecule has 7 heteroatoms. The maximum absolute atomic E-state index is 12.3. The Morgan fingerprint density at radius 2 is 1.73 bits per heavy atom. The molecule has 0 spiro atoms. The van der Waals surface area contributed by atoms with E-state index in [1.54, 1.807) is 18.2 Å². The van der Waals surface area contributed by atoms with Crippen LogP contribution >= 0.6 is 23.2 Å². The number of rotatable bonds is 5. The molecule has 0 saturated carbocycles. The van der Waals surface area contributed by atoms with Crippen LogP contribution in [0.5, 0.6) is 0 Å². The van der Waals surface area contributed by atoms with Gasteiger partial charge in [0, 0.05) is 18.1 Å². The Morgan fingerprint density at radius 3 is 2.38 bits per heavy atom. The summed E-state index contributed by atoms with van der Waals surface area (Å²) in [4.78, 5) is 20.7. The van der Waals surface area contributed by atoms with Gasteiger partial charge in [-0.05, 0) is 36.2 Å². The third-order valence-corrected chi connectivity index (χ3v) is 4.55. The largest absolute Gasteiger partial charge is 0.324 e. The fraction of sp³-hybridized carbons (Fsp3) is 0.105. The van der Waals surface area contributed by atoms with Gasteiger partial charge in [-0.2, -0.15) is 0 Å². The fourth-order valence-electron chi connectivity index (χ4n) is 2.26. The number of hydrogen-bond acceptors (Lipinski definition) is 4. The second-order valence-corrected chi connectivity index (χ2v) is 6.31. The summed E-state index contributed by atoms with van der Waals surface area (Å²) < 4.78 is 0. The monoisotopic (exact) mass is 386 g/mol. The Kier molecular flexibility index (Phi) is 5.71. The van der Waals surface area contributed by atoms with Crippen molar-refractivity contribution < 1.29 is 4.79 Å². The molecule has 26 heavy (non-hydrogen) atoms. The van der Waals surface area contributed by atoms with Crippen molar-refractivity contribution >= 4 is 46.4 Å². The third kappa shape index (κ3) is 4.31. The van der Waals surface area contributed by atoms with E-state index in [1.807, 2.05) is 24.3 Å². The van der Waals surface area contributed by atoms with Crippen LogP contribution in [0.15, 0.2) is 54.9 Å². The highest BCUT2D eigenvalue weighted by molar-refractivity contribution is 6.44. The van der Waals surface area contributed by atoms with Crippen molar-refractivity contribution in [2.24, 2.45) is 0 Å². The van der Waals surface area contributed by atoms with Gasteiger partial charge in [0.05, 0.1) is 21.3 Å². The van der Waals surface area contributed by atoms with Gasteiger partial charge in [-0.15, -0.1) is 0 Å². The SMILES string of the molecule is CCc1ccc(Nc2ncc(C(=O)Nc3cccc(Cl)c3Cl)cn2)cc1. The first-order valence-electron chi connectivity index (χ1n) is 8.00. The highest BCUT2D eigenvalue weighted by Crippen LogP contribution is 2.29. The van der Waals surface area contributed by atoms with E-state index in [0.717, 1.165) is 12.1 Å². The van der Waals surface area contributed by atoms with Crippen molar-refractivity contribution in [2.45, 2.75) is 13.3 Å². The molecule has 0 saturated heterocycles. The Balaban J connectivity index is 1.68. The van der Waals surface area contributed by atoms with Crippen LogP contribution in [0.2, 0.25) is 10.0 Å². The van der Waals surface area contributed by atoms with Crippen LogP contribution in [0.1, 0.15) is 22.8 Å². The number of nitrogens with zero attached hydrogens (tertiary/aromatic N) is 2. The maximum Gasteiger partial charge on any atom is 0.258 e. The first kappa shape index (κ1) is 18.2. The minimum Gasteiger partial charge on any atom is -0.324 e. The van der Waals surface area contributed by atoms with Gasteiger partial charge in [0.1, 0.15) is 0 Å². The lowest BCUT2D eigenvalue weighted by atomic mass is 10.1. The molecular weight excluding hydrogens is 371 g/mol. The zero-order valence-electron chi connectivity index (χ0n) is 14.0. The number of anilines is 3. The predicted octanol–water partition coefficient (Wildman–Crippen LogP) is 5.34. The zero-order valence-corrected chi connectivity index (χ0v) is 15.5. The summed E-state index contributed by atoms with van der Waals surface area (Å²) in [7, 11) is 0. The van der Waals surface area contributed by atoms with Crippen LogP contribution in [0.3, 0.4) is 0 Å². The summed E-state index contributed by atoms with van der Waals surface area (Å²) >= 11 is 12.0. The molecule has 132 valence electrons. The van der Waals surface area contributed by atoms with Crippen LogP contribution < -0.4 is 10.6 Å². The summed E-state index contributed by atoms with van der Waals surface area (Å²) in [6.07, 6.45) is 3.88. The van der Waals surface area contributed by atoms with Gasteiger partial charge in [0.25, 0.3) is 5.91 Å². The smallest absolute Gasteiger partial charge is 0.258 e. The van der Waals surface area contributed by atoms with Crippen LogP contribution in [0, 0.1) is 0 Å². The lowest BCUT2D eigenvalue weighted by Crippen LogP contribution is -2.13. The van der Waals surface area contributed by atoms with Gasteiger partial charge in [0.15, 0.2) is 0 Å². The molecule has 2 N–H and O–H groups in total. The van der Waals surface area contributed by atoms with E-state index < -0.39 is 0 Å². The number of carbonyl (C=O) groups is 1. The van der Waals surface area contributed by atoms with E-state index in [-0.39, 0.29) is 10.9 Å². The summed E-state index contributed by atoms with van der Waals surface area (Å²) in [5.74, 6) is 0.0413. The Hall–Kier alpha value is -2.63. The highest BCUT2D eigenvalue weighted by Gasteiger charge is 2.11. The standard InChI is InChI=1S/C19H16Cl2N4O/c1-2-12-6-8-14(9-7-12)24-19-22-10-13(11-23-19)18(26)25-16-5-3-4-15(20)17(16)21/h3-11H,2H2,1H3,(H,25,26)(H,22,23,24). The van der Waals surface area contributed by atoms with Crippen molar-refractivity contribution in [3.8, 4) is 0 Å². The first-order chi connectivity index (χ1) is 12.6. The highest BCUT2D eigenvalue weighted by atomic mass is 35.5. The maximum atomic E-state index is 12.3. The summed E-state index contributed by atoms with van der Waals surface area (Å²) in [5.41, 5.74) is 2.88. The molecule has 0 unspecified atom stereocenters. The molecule has 0 atom stereocenters. The molecule has 3 aromatic rings. The molecule has 0 fully saturated rings.